The summed E-state index contributed by atoms with van der Waals surface area (Å²) >= 11 is 0. The summed E-state index contributed by atoms with van der Waals surface area (Å²) in [5.74, 6) is -4.33. The van der Waals surface area contributed by atoms with Crippen LogP contribution < -0.4 is 4.74 Å². The molecule has 0 saturated carbocycles. The van der Waals surface area contributed by atoms with Crippen LogP contribution in [0, 0.1) is 10.1 Å². The Balaban J connectivity index is 2.41. The van der Waals surface area contributed by atoms with Crippen LogP contribution in [0.25, 0.3) is 0 Å². The van der Waals surface area contributed by atoms with Crippen molar-refractivity contribution >= 4 is 17.4 Å². The predicted molar refractivity (Wildman–Crippen MR) is 64.3 cm³/mol. The Bertz CT molecular complexity index is 597. The molecule has 1 aromatic carbocycles. The number of hydrogen-bond donors (Lipinski definition) is 1. The van der Waals surface area contributed by atoms with Gasteiger partial charge in [0, 0.05) is 6.07 Å². The van der Waals surface area contributed by atoms with Gasteiger partial charge in [0.25, 0.3) is 5.69 Å². The summed E-state index contributed by atoms with van der Waals surface area (Å²) < 4.78 is 9.68. The number of nitro groups is 1. The van der Waals surface area contributed by atoms with Crippen molar-refractivity contribution in [1.82, 2.24) is 0 Å². The molecule has 0 aromatic heterocycles. The van der Waals surface area contributed by atoms with Crippen molar-refractivity contribution in [2.45, 2.75) is 19.1 Å². The van der Waals surface area contributed by atoms with Crippen molar-refractivity contribution in [2.24, 2.45) is 0 Å². The van der Waals surface area contributed by atoms with Crippen molar-refractivity contribution in [3.05, 3.63) is 33.9 Å². The van der Waals surface area contributed by atoms with Crippen molar-refractivity contribution in [3.8, 4) is 5.75 Å². The van der Waals surface area contributed by atoms with Gasteiger partial charge in [-0.3, -0.25) is 14.9 Å². The van der Waals surface area contributed by atoms with Gasteiger partial charge in [0.05, 0.1) is 29.6 Å². The molecule has 0 aliphatic carbocycles. The van der Waals surface area contributed by atoms with E-state index in [1.54, 1.807) is 0 Å². The summed E-state index contributed by atoms with van der Waals surface area (Å²) in [6, 6.07) is 3.35. The van der Waals surface area contributed by atoms with Gasteiger partial charge in [0.1, 0.15) is 5.75 Å². The highest BCUT2D eigenvalue weighted by Gasteiger charge is 2.47. The molecule has 0 saturated heterocycles. The van der Waals surface area contributed by atoms with Gasteiger partial charge in [0.2, 0.25) is 0 Å². The van der Waals surface area contributed by atoms with Crippen molar-refractivity contribution in [3.63, 3.8) is 0 Å². The highest BCUT2D eigenvalue weighted by atomic mass is 16.7. The molecule has 0 radical (unpaired) electrons. The number of nitro benzene ring substituents is 1. The van der Waals surface area contributed by atoms with E-state index in [4.69, 9.17) is 4.74 Å². The van der Waals surface area contributed by atoms with Crippen molar-refractivity contribution < 1.29 is 29.1 Å². The lowest BCUT2D eigenvalue weighted by atomic mass is 9.98. The fourth-order valence-corrected chi connectivity index (χ4v) is 1.83. The first-order valence-electron chi connectivity index (χ1n) is 5.77. The molecule has 1 aliphatic rings. The minimum Gasteiger partial charge on any atom is -0.461 e. The van der Waals surface area contributed by atoms with E-state index in [-0.39, 0.29) is 23.6 Å². The number of esters is 1. The van der Waals surface area contributed by atoms with Gasteiger partial charge in [-0.1, -0.05) is 0 Å². The highest BCUT2D eigenvalue weighted by Crippen LogP contribution is 2.35. The van der Waals surface area contributed by atoms with Gasteiger partial charge >= 0.3 is 11.8 Å². The third-order valence-corrected chi connectivity index (χ3v) is 2.75. The SMILES string of the molecule is CCOC(=O)C1(O)CC(=O)c2ccc([N+](=O)[O-])cc2O1. The maximum absolute atomic E-state index is 11.9. The molecule has 0 amide bonds. The quantitative estimate of drug-likeness (QED) is 0.495. The average molecular weight is 281 g/mol. The number of fused-ring (bicyclic) bond motifs is 1. The van der Waals surface area contributed by atoms with E-state index in [1.165, 1.54) is 13.0 Å². The Morgan fingerprint density at radius 2 is 2.30 bits per heavy atom. The summed E-state index contributed by atoms with van der Waals surface area (Å²) in [4.78, 5) is 33.5. The fourth-order valence-electron chi connectivity index (χ4n) is 1.83. The summed E-state index contributed by atoms with van der Waals surface area (Å²) in [7, 11) is 0. The van der Waals surface area contributed by atoms with Crippen LogP contribution in [-0.2, 0) is 9.53 Å². The maximum Gasteiger partial charge on any atom is 0.380 e. The molecule has 20 heavy (non-hydrogen) atoms. The smallest absolute Gasteiger partial charge is 0.380 e. The van der Waals surface area contributed by atoms with E-state index in [9.17, 15) is 24.8 Å². The number of benzene rings is 1. The Labute approximate surface area is 113 Å². The van der Waals surface area contributed by atoms with Crippen molar-refractivity contribution in [1.29, 1.82) is 0 Å². The average Bonchev–Trinajstić information content (AvgIpc) is 2.38. The Morgan fingerprint density at radius 3 is 2.90 bits per heavy atom. The van der Waals surface area contributed by atoms with E-state index in [0.717, 1.165) is 12.1 Å². The van der Waals surface area contributed by atoms with Crippen LogP contribution in [0.2, 0.25) is 0 Å². The minimum atomic E-state index is -2.45. The summed E-state index contributed by atoms with van der Waals surface area (Å²) in [5.41, 5.74) is -0.241. The second-order valence-electron chi connectivity index (χ2n) is 4.14. The molecule has 1 unspecified atom stereocenters. The first kappa shape index (κ1) is 13.9. The molecular formula is C12H11NO7. The normalized spacial score (nSPS) is 20.8. The van der Waals surface area contributed by atoms with Gasteiger partial charge in [-0.25, -0.2) is 4.79 Å². The zero-order valence-electron chi connectivity index (χ0n) is 10.5. The standard InChI is InChI=1S/C12H11NO7/c1-2-19-11(15)12(16)6-9(14)8-4-3-7(13(17)18)5-10(8)20-12/h3-5,16H,2,6H2,1H3. The van der Waals surface area contributed by atoms with E-state index in [2.05, 4.69) is 4.74 Å². The molecule has 1 aliphatic heterocycles. The molecular weight excluding hydrogens is 270 g/mol. The van der Waals surface area contributed by atoms with Crippen LogP contribution in [0.5, 0.6) is 5.75 Å². The van der Waals surface area contributed by atoms with E-state index < -0.39 is 28.9 Å². The number of ketones is 1. The number of carbonyl (C=O) groups is 2. The second kappa shape index (κ2) is 4.89. The lowest BCUT2D eigenvalue weighted by Gasteiger charge is -2.30. The van der Waals surface area contributed by atoms with E-state index in [0.29, 0.717) is 0 Å². The number of ether oxygens (including phenoxy) is 2. The number of carbonyl (C=O) groups excluding carboxylic acids is 2. The van der Waals surface area contributed by atoms with Gasteiger partial charge in [0.15, 0.2) is 5.78 Å². The number of rotatable bonds is 3. The zero-order valence-corrected chi connectivity index (χ0v) is 10.5. The highest BCUT2D eigenvalue weighted by molar-refractivity contribution is 6.03. The number of hydrogen-bond acceptors (Lipinski definition) is 7. The van der Waals surface area contributed by atoms with Gasteiger partial charge in [-0.05, 0) is 13.0 Å². The molecule has 0 spiro atoms. The lowest BCUT2D eigenvalue weighted by Crippen LogP contribution is -2.50. The Hall–Kier alpha value is -2.48. The molecule has 8 heteroatoms. The van der Waals surface area contributed by atoms with Crippen LogP contribution in [-0.4, -0.2) is 34.2 Å². The number of non-ortho nitro benzene ring substituents is 1. The Kier molecular flexibility index (Phi) is 3.41. The van der Waals surface area contributed by atoms with Gasteiger partial charge in [-0.2, -0.15) is 0 Å². The van der Waals surface area contributed by atoms with Crippen LogP contribution in [0.3, 0.4) is 0 Å². The second-order valence-corrected chi connectivity index (χ2v) is 4.14. The molecule has 1 N–H and O–H groups in total. The summed E-state index contributed by atoms with van der Waals surface area (Å²) in [6.45, 7) is 1.53. The Morgan fingerprint density at radius 1 is 1.60 bits per heavy atom. The fraction of sp³-hybridized carbons (Fsp3) is 0.333. The predicted octanol–water partition coefficient (Wildman–Crippen LogP) is 0.812. The molecule has 106 valence electrons. The number of nitrogens with zero attached hydrogens (tertiary/aromatic N) is 1. The molecule has 1 atom stereocenters. The van der Waals surface area contributed by atoms with E-state index in [1.807, 2.05) is 0 Å². The van der Waals surface area contributed by atoms with Crippen LogP contribution >= 0.6 is 0 Å². The first-order chi connectivity index (χ1) is 9.37. The topological polar surface area (TPSA) is 116 Å². The molecule has 8 nitrogen and oxygen atoms in total. The number of aliphatic hydroxyl groups is 1. The molecule has 0 fully saturated rings. The van der Waals surface area contributed by atoms with E-state index >= 15 is 0 Å². The van der Waals surface area contributed by atoms with Crippen LogP contribution in [0.15, 0.2) is 18.2 Å². The molecule has 1 heterocycles. The first-order valence-corrected chi connectivity index (χ1v) is 5.77. The monoisotopic (exact) mass is 281 g/mol. The van der Waals surface area contributed by atoms with Gasteiger partial charge < -0.3 is 14.6 Å². The molecule has 1 aromatic rings. The van der Waals surface area contributed by atoms with Crippen LogP contribution in [0.1, 0.15) is 23.7 Å². The maximum atomic E-state index is 11.9. The summed E-state index contributed by atoms with van der Waals surface area (Å²) in [5, 5.41) is 20.7. The van der Waals surface area contributed by atoms with Crippen LogP contribution in [0.4, 0.5) is 5.69 Å². The molecule has 2 rings (SSSR count). The molecule has 0 bridgehead atoms. The minimum absolute atomic E-state index is 0.000485. The third-order valence-electron chi connectivity index (χ3n) is 2.75. The van der Waals surface area contributed by atoms with Crippen molar-refractivity contribution in [2.75, 3.05) is 6.61 Å². The number of Topliss-reactive ketones (excluding diaryl/α,β-unsaturated/α-hetero) is 1. The largest absolute Gasteiger partial charge is 0.461 e. The lowest BCUT2D eigenvalue weighted by molar-refractivity contribution is -0.385. The zero-order chi connectivity index (χ0) is 14.9. The van der Waals surface area contributed by atoms with Gasteiger partial charge in [-0.15, -0.1) is 0 Å². The summed E-state index contributed by atoms with van der Waals surface area (Å²) in [6.07, 6.45) is -0.601. The third kappa shape index (κ3) is 2.32.